The largest absolute Gasteiger partial charge is 0.490 e. The highest BCUT2D eigenvalue weighted by molar-refractivity contribution is 6.31. The monoisotopic (exact) mass is 197 g/mol. The van der Waals surface area contributed by atoms with Crippen LogP contribution in [0.5, 0.6) is 5.75 Å². The van der Waals surface area contributed by atoms with Crippen molar-refractivity contribution >= 4 is 17.3 Å². The summed E-state index contributed by atoms with van der Waals surface area (Å²) in [6.07, 6.45) is 2.76. The Morgan fingerprint density at radius 2 is 2.15 bits per heavy atom. The molecule has 1 aliphatic rings. The van der Waals surface area contributed by atoms with Crippen molar-refractivity contribution in [3.05, 3.63) is 23.2 Å². The van der Waals surface area contributed by atoms with E-state index in [0.717, 1.165) is 11.4 Å². The Morgan fingerprint density at radius 3 is 2.77 bits per heavy atom. The van der Waals surface area contributed by atoms with Gasteiger partial charge in [-0.2, -0.15) is 0 Å². The van der Waals surface area contributed by atoms with E-state index in [-0.39, 0.29) is 0 Å². The number of ether oxygens (including phenoxy) is 1. The maximum Gasteiger partial charge on any atom is 0.123 e. The van der Waals surface area contributed by atoms with Crippen molar-refractivity contribution in [1.29, 1.82) is 0 Å². The third kappa shape index (κ3) is 2.28. The highest BCUT2D eigenvalue weighted by Gasteiger charge is 2.23. The predicted molar refractivity (Wildman–Crippen MR) is 54.6 cm³/mol. The summed E-state index contributed by atoms with van der Waals surface area (Å²) in [7, 11) is 1.87. The topological polar surface area (TPSA) is 21.3 Å². The maximum absolute atomic E-state index is 5.91. The summed E-state index contributed by atoms with van der Waals surface area (Å²) in [4.78, 5) is 0. The molecule has 1 saturated carbocycles. The Balaban J connectivity index is 2.17. The lowest BCUT2D eigenvalue weighted by Crippen LogP contribution is -1.97. The normalized spacial score (nSPS) is 15.5. The van der Waals surface area contributed by atoms with E-state index in [2.05, 4.69) is 5.32 Å². The van der Waals surface area contributed by atoms with Gasteiger partial charge in [-0.05, 0) is 25.0 Å². The fraction of sp³-hybridized carbons (Fsp3) is 0.400. The molecule has 0 atom stereocenters. The number of hydrogen-bond acceptors (Lipinski definition) is 2. The van der Waals surface area contributed by atoms with E-state index in [1.165, 1.54) is 12.8 Å². The standard InChI is InChI=1S/C10H12ClNO/c1-12-8-4-7(11)5-10(6-8)13-9-2-3-9/h4-6,9,12H,2-3H2,1H3. The van der Waals surface area contributed by atoms with Crippen LogP contribution in [0.4, 0.5) is 5.69 Å². The molecule has 1 N–H and O–H groups in total. The number of halogens is 1. The summed E-state index contributed by atoms with van der Waals surface area (Å²) in [5.74, 6) is 0.861. The molecule has 1 aromatic rings. The summed E-state index contributed by atoms with van der Waals surface area (Å²) in [5, 5.41) is 3.75. The van der Waals surface area contributed by atoms with Crippen molar-refractivity contribution in [2.45, 2.75) is 18.9 Å². The first-order valence-corrected chi connectivity index (χ1v) is 4.81. The van der Waals surface area contributed by atoms with E-state index in [0.29, 0.717) is 11.1 Å². The van der Waals surface area contributed by atoms with Crippen molar-refractivity contribution in [3.8, 4) is 5.75 Å². The van der Waals surface area contributed by atoms with Crippen LogP contribution in [0.2, 0.25) is 5.02 Å². The first-order chi connectivity index (χ1) is 6.28. The molecule has 13 heavy (non-hydrogen) atoms. The number of hydrogen-bond donors (Lipinski definition) is 1. The quantitative estimate of drug-likeness (QED) is 0.805. The van der Waals surface area contributed by atoms with Gasteiger partial charge < -0.3 is 10.1 Å². The maximum atomic E-state index is 5.91. The van der Waals surface area contributed by atoms with Crippen molar-refractivity contribution in [3.63, 3.8) is 0 Å². The molecular formula is C10H12ClNO. The number of benzene rings is 1. The van der Waals surface area contributed by atoms with Gasteiger partial charge in [0.2, 0.25) is 0 Å². The van der Waals surface area contributed by atoms with Gasteiger partial charge in [0.05, 0.1) is 6.10 Å². The van der Waals surface area contributed by atoms with Gasteiger partial charge in [-0.25, -0.2) is 0 Å². The number of rotatable bonds is 3. The summed E-state index contributed by atoms with van der Waals surface area (Å²) in [6.45, 7) is 0. The summed E-state index contributed by atoms with van der Waals surface area (Å²) >= 11 is 5.91. The minimum Gasteiger partial charge on any atom is -0.490 e. The van der Waals surface area contributed by atoms with Crippen LogP contribution in [0, 0.1) is 0 Å². The minimum absolute atomic E-state index is 0.420. The lowest BCUT2D eigenvalue weighted by atomic mass is 10.3. The van der Waals surface area contributed by atoms with Crippen molar-refractivity contribution in [1.82, 2.24) is 0 Å². The van der Waals surface area contributed by atoms with Crippen LogP contribution < -0.4 is 10.1 Å². The zero-order chi connectivity index (χ0) is 9.26. The van der Waals surface area contributed by atoms with Crippen LogP contribution in [0.25, 0.3) is 0 Å². The molecular weight excluding hydrogens is 186 g/mol. The van der Waals surface area contributed by atoms with Crippen LogP contribution in [0.1, 0.15) is 12.8 Å². The highest BCUT2D eigenvalue weighted by Crippen LogP contribution is 2.30. The first-order valence-electron chi connectivity index (χ1n) is 4.43. The third-order valence-corrected chi connectivity index (χ3v) is 2.21. The first kappa shape index (κ1) is 8.70. The molecule has 0 saturated heterocycles. The van der Waals surface area contributed by atoms with Crippen LogP contribution in [0.3, 0.4) is 0 Å². The van der Waals surface area contributed by atoms with Gasteiger partial charge in [0, 0.05) is 23.8 Å². The molecule has 0 spiro atoms. The number of anilines is 1. The van der Waals surface area contributed by atoms with Crippen LogP contribution in [-0.4, -0.2) is 13.2 Å². The molecule has 0 bridgehead atoms. The van der Waals surface area contributed by atoms with Gasteiger partial charge in [0.1, 0.15) is 5.75 Å². The van der Waals surface area contributed by atoms with Gasteiger partial charge in [-0.1, -0.05) is 11.6 Å². The summed E-state index contributed by atoms with van der Waals surface area (Å²) in [5.41, 5.74) is 0.989. The van der Waals surface area contributed by atoms with E-state index < -0.39 is 0 Å². The molecule has 0 heterocycles. The summed E-state index contributed by atoms with van der Waals surface area (Å²) < 4.78 is 5.62. The molecule has 0 unspecified atom stereocenters. The summed E-state index contributed by atoms with van der Waals surface area (Å²) in [6, 6.07) is 5.69. The third-order valence-electron chi connectivity index (χ3n) is 1.99. The molecule has 0 aliphatic heterocycles. The Morgan fingerprint density at radius 1 is 1.38 bits per heavy atom. The van der Waals surface area contributed by atoms with Gasteiger partial charge in [0.15, 0.2) is 0 Å². The zero-order valence-electron chi connectivity index (χ0n) is 7.51. The van der Waals surface area contributed by atoms with Gasteiger partial charge in [-0.15, -0.1) is 0 Å². The molecule has 3 heteroatoms. The molecule has 2 rings (SSSR count). The fourth-order valence-corrected chi connectivity index (χ4v) is 1.38. The zero-order valence-corrected chi connectivity index (χ0v) is 8.27. The molecule has 0 aromatic heterocycles. The predicted octanol–water partition coefficient (Wildman–Crippen LogP) is 2.92. The second kappa shape index (κ2) is 3.46. The lowest BCUT2D eigenvalue weighted by Gasteiger charge is -2.07. The van der Waals surface area contributed by atoms with Crippen LogP contribution in [0.15, 0.2) is 18.2 Å². The fourth-order valence-electron chi connectivity index (χ4n) is 1.15. The smallest absolute Gasteiger partial charge is 0.123 e. The Kier molecular flexibility index (Phi) is 2.32. The second-order valence-electron chi connectivity index (χ2n) is 3.24. The molecule has 70 valence electrons. The molecule has 1 aromatic carbocycles. The van der Waals surface area contributed by atoms with Gasteiger partial charge >= 0.3 is 0 Å². The average Bonchev–Trinajstić information content (AvgIpc) is 2.87. The minimum atomic E-state index is 0.420. The number of nitrogens with one attached hydrogen (secondary N) is 1. The van der Waals surface area contributed by atoms with Gasteiger partial charge in [0.25, 0.3) is 0 Å². The van der Waals surface area contributed by atoms with E-state index in [9.17, 15) is 0 Å². The highest BCUT2D eigenvalue weighted by atomic mass is 35.5. The van der Waals surface area contributed by atoms with E-state index in [1.54, 1.807) is 0 Å². The SMILES string of the molecule is CNc1cc(Cl)cc(OC2CC2)c1. The van der Waals surface area contributed by atoms with Crippen molar-refractivity contribution < 1.29 is 4.74 Å². The van der Waals surface area contributed by atoms with Crippen LogP contribution >= 0.6 is 11.6 Å². The average molecular weight is 198 g/mol. The Hall–Kier alpha value is -0.890. The Labute approximate surface area is 82.9 Å². The molecule has 2 nitrogen and oxygen atoms in total. The molecule has 0 radical (unpaired) electrons. The van der Waals surface area contributed by atoms with Crippen LogP contribution in [-0.2, 0) is 0 Å². The second-order valence-corrected chi connectivity index (χ2v) is 3.68. The van der Waals surface area contributed by atoms with Gasteiger partial charge in [-0.3, -0.25) is 0 Å². The van der Waals surface area contributed by atoms with Crippen molar-refractivity contribution in [2.24, 2.45) is 0 Å². The van der Waals surface area contributed by atoms with E-state index >= 15 is 0 Å². The molecule has 1 aliphatic carbocycles. The lowest BCUT2D eigenvalue weighted by molar-refractivity contribution is 0.303. The van der Waals surface area contributed by atoms with E-state index in [4.69, 9.17) is 16.3 Å². The van der Waals surface area contributed by atoms with E-state index in [1.807, 2.05) is 25.2 Å². The molecule has 1 fully saturated rings. The molecule has 0 amide bonds. The van der Waals surface area contributed by atoms with Crippen molar-refractivity contribution in [2.75, 3.05) is 12.4 Å². The Bertz CT molecular complexity index is 310.